The van der Waals surface area contributed by atoms with E-state index in [4.69, 9.17) is 18.3 Å². The van der Waals surface area contributed by atoms with Gasteiger partial charge in [-0.05, 0) is 42.7 Å². The van der Waals surface area contributed by atoms with E-state index in [2.05, 4.69) is 19.6 Å². The Morgan fingerprint density at radius 3 is 2.42 bits per heavy atom. The number of nitrogens with zero attached hydrogens (tertiary/aromatic N) is 3. The molecule has 0 saturated carbocycles. The first-order valence-electron chi connectivity index (χ1n) is 13.0. The molecule has 0 atom stereocenters. The zero-order valence-corrected chi connectivity index (χ0v) is 26.7. The first kappa shape index (κ1) is 30.4. The number of fused-ring (bicyclic) bond motifs is 1. The van der Waals surface area contributed by atoms with E-state index < -0.39 is 17.5 Å². The molecule has 43 heavy (non-hydrogen) atoms. The van der Waals surface area contributed by atoms with Crippen molar-refractivity contribution in [1.29, 1.82) is 0 Å². The van der Waals surface area contributed by atoms with Crippen LogP contribution in [0.15, 0.2) is 89.7 Å². The molecule has 0 unspecified atom stereocenters. The third kappa shape index (κ3) is 6.35. The van der Waals surface area contributed by atoms with E-state index in [0.29, 0.717) is 36.0 Å². The SMILES string of the molecule is CCOc1nc2cccc(C(=O)OCc3oc(=O)oc3C)c2n1Cc1ccc(-c2ccccc2-c2noc(=O)[nH]2)cc1.[K]. The van der Waals surface area contributed by atoms with Gasteiger partial charge in [0.25, 0.3) is 6.01 Å². The molecule has 0 spiro atoms. The molecule has 6 rings (SSSR count). The molecule has 0 bridgehead atoms. The number of imidazole rings is 1. The summed E-state index contributed by atoms with van der Waals surface area (Å²) in [5.74, 6) is -1.38. The normalized spacial score (nSPS) is 10.9. The van der Waals surface area contributed by atoms with Crippen LogP contribution in [0.25, 0.3) is 33.5 Å². The first-order chi connectivity index (χ1) is 20.4. The fraction of sp³-hybridized carbons (Fsp3) is 0.167. The van der Waals surface area contributed by atoms with Crippen molar-refractivity contribution < 1.29 is 27.6 Å². The van der Waals surface area contributed by atoms with Crippen molar-refractivity contribution in [3.63, 3.8) is 0 Å². The third-order valence-electron chi connectivity index (χ3n) is 6.62. The number of nitrogens with one attached hydrogen (secondary N) is 1. The van der Waals surface area contributed by atoms with Crippen LogP contribution in [0, 0.1) is 6.92 Å². The maximum atomic E-state index is 13.2. The number of hydrogen-bond acceptors (Lipinski definition) is 10. The van der Waals surface area contributed by atoms with E-state index in [1.54, 1.807) is 25.1 Å². The van der Waals surface area contributed by atoms with Crippen LogP contribution in [-0.2, 0) is 17.9 Å². The summed E-state index contributed by atoms with van der Waals surface area (Å²) in [6.07, 6.45) is 0. The average Bonchev–Trinajstić information content (AvgIpc) is 3.68. The number of aromatic amines is 1. The molecule has 13 heteroatoms. The van der Waals surface area contributed by atoms with Crippen molar-refractivity contribution in [2.75, 3.05) is 6.61 Å². The van der Waals surface area contributed by atoms with Crippen molar-refractivity contribution >= 4 is 68.4 Å². The number of benzene rings is 3. The number of hydrogen-bond donors (Lipinski definition) is 1. The quantitative estimate of drug-likeness (QED) is 0.185. The van der Waals surface area contributed by atoms with Gasteiger partial charge in [-0.2, -0.15) is 4.98 Å². The molecule has 0 amide bonds. The van der Waals surface area contributed by atoms with Crippen LogP contribution in [-0.4, -0.2) is 83.7 Å². The molecule has 3 aromatic carbocycles. The van der Waals surface area contributed by atoms with Crippen LogP contribution in [0.3, 0.4) is 0 Å². The van der Waals surface area contributed by atoms with Gasteiger partial charge in [0.05, 0.1) is 29.7 Å². The van der Waals surface area contributed by atoms with Crippen LogP contribution in [0.4, 0.5) is 0 Å². The summed E-state index contributed by atoms with van der Waals surface area (Å²) in [7, 11) is 0. The largest absolute Gasteiger partial charge is 0.519 e. The van der Waals surface area contributed by atoms with Gasteiger partial charge in [-0.1, -0.05) is 59.8 Å². The minimum atomic E-state index is -0.859. The third-order valence-corrected chi connectivity index (χ3v) is 6.62. The fourth-order valence-electron chi connectivity index (χ4n) is 4.69. The molecule has 6 aromatic rings. The van der Waals surface area contributed by atoms with Crippen LogP contribution in [0.1, 0.15) is 34.4 Å². The maximum Gasteiger partial charge on any atom is 0.519 e. The monoisotopic (exact) mass is 607 g/mol. The molecule has 0 aliphatic rings. The number of carbonyl (C=O) groups is 1. The smallest absolute Gasteiger partial charge is 0.465 e. The Morgan fingerprint density at radius 2 is 1.74 bits per heavy atom. The molecule has 1 radical (unpaired) electrons. The zero-order chi connectivity index (χ0) is 29.2. The molecule has 213 valence electrons. The Hall–Kier alpha value is -4.01. The summed E-state index contributed by atoms with van der Waals surface area (Å²) in [6.45, 7) is 3.88. The van der Waals surface area contributed by atoms with E-state index in [1.165, 1.54) is 0 Å². The van der Waals surface area contributed by atoms with Crippen molar-refractivity contribution in [2.24, 2.45) is 0 Å². The second-order valence-corrected chi connectivity index (χ2v) is 9.28. The van der Waals surface area contributed by atoms with Crippen molar-refractivity contribution in [3.05, 3.63) is 111 Å². The van der Waals surface area contributed by atoms with E-state index in [1.807, 2.05) is 60.0 Å². The van der Waals surface area contributed by atoms with Gasteiger partial charge in [0.2, 0.25) is 0 Å². The van der Waals surface area contributed by atoms with Crippen molar-refractivity contribution in [2.45, 2.75) is 27.0 Å². The van der Waals surface area contributed by atoms with Crippen LogP contribution >= 0.6 is 0 Å². The summed E-state index contributed by atoms with van der Waals surface area (Å²) in [5.41, 5.74) is 4.80. The predicted molar refractivity (Wildman–Crippen MR) is 155 cm³/mol. The van der Waals surface area contributed by atoms with Gasteiger partial charge in [-0.15, -0.1) is 0 Å². The number of rotatable bonds is 9. The number of ether oxygens (including phenoxy) is 2. The molecular formula is C30H24KN4O8. The second-order valence-electron chi connectivity index (χ2n) is 9.28. The molecule has 3 heterocycles. The standard InChI is InChI=1S/C30H24N4O8.K/c1-3-38-28-31-23-10-6-9-22(27(35)39-16-24-17(2)40-30(37)41-24)25(23)34(28)15-18-11-13-19(14-12-18)20-7-4-5-8-21(20)26-32-29(36)42-33-26;/h4-14H,3,15-16H2,1-2H3,(H,32,33,36);. The van der Waals surface area contributed by atoms with Gasteiger partial charge in [-0.3, -0.25) is 14.1 Å². The Bertz CT molecular complexity index is 2020. The van der Waals surface area contributed by atoms with Gasteiger partial charge in [-0.25, -0.2) is 14.4 Å². The summed E-state index contributed by atoms with van der Waals surface area (Å²) in [6, 6.07) is 20.9. The molecule has 0 aliphatic carbocycles. The minimum absolute atomic E-state index is 0. The van der Waals surface area contributed by atoms with Crippen LogP contribution in [0.5, 0.6) is 6.01 Å². The molecule has 0 aliphatic heterocycles. The predicted octanol–water partition coefficient (Wildman–Crippen LogP) is 4.32. The first-order valence-corrected chi connectivity index (χ1v) is 13.0. The molecule has 3 aromatic heterocycles. The number of aryl methyl sites for hydroxylation is 1. The van der Waals surface area contributed by atoms with Gasteiger partial charge >= 0.3 is 17.5 Å². The summed E-state index contributed by atoms with van der Waals surface area (Å²) in [4.78, 5) is 43.2. The summed E-state index contributed by atoms with van der Waals surface area (Å²) >= 11 is 0. The zero-order valence-electron chi connectivity index (χ0n) is 23.6. The number of aromatic nitrogens is 4. The van der Waals surface area contributed by atoms with Crippen LogP contribution < -0.4 is 16.3 Å². The number of esters is 1. The van der Waals surface area contributed by atoms with E-state index in [0.717, 1.165) is 22.3 Å². The van der Waals surface area contributed by atoms with E-state index in [9.17, 15) is 14.4 Å². The number of carbonyl (C=O) groups excluding carboxylic acids is 1. The molecular weight excluding hydrogens is 583 g/mol. The van der Waals surface area contributed by atoms with E-state index in [-0.39, 0.29) is 75.1 Å². The maximum absolute atomic E-state index is 13.2. The van der Waals surface area contributed by atoms with Gasteiger partial charge < -0.3 is 18.3 Å². The molecule has 0 saturated heterocycles. The summed E-state index contributed by atoms with van der Waals surface area (Å²) < 4.78 is 27.6. The number of para-hydroxylation sites is 1. The Labute approximate surface area is 286 Å². The Balaban J connectivity index is 0.00000368. The van der Waals surface area contributed by atoms with Crippen molar-refractivity contribution in [1.82, 2.24) is 19.7 Å². The molecule has 0 fully saturated rings. The Morgan fingerprint density at radius 1 is 0.977 bits per heavy atom. The van der Waals surface area contributed by atoms with Gasteiger partial charge in [0, 0.05) is 56.9 Å². The molecule has 1 N–H and O–H groups in total. The van der Waals surface area contributed by atoms with Crippen molar-refractivity contribution in [3.8, 4) is 28.5 Å². The topological polar surface area (TPSA) is 156 Å². The van der Waals surface area contributed by atoms with Crippen LogP contribution in [0.2, 0.25) is 0 Å². The summed E-state index contributed by atoms with van der Waals surface area (Å²) in [5, 5.41) is 3.83. The van der Waals surface area contributed by atoms with Gasteiger partial charge in [0.15, 0.2) is 24.0 Å². The Kier molecular flexibility index (Phi) is 9.27. The van der Waals surface area contributed by atoms with E-state index >= 15 is 0 Å². The van der Waals surface area contributed by atoms with Gasteiger partial charge in [0.1, 0.15) is 0 Å². The molecule has 12 nitrogen and oxygen atoms in total. The second kappa shape index (κ2) is 13.1. The fourth-order valence-corrected chi connectivity index (χ4v) is 4.69. The average molecular weight is 608 g/mol. The number of H-pyrrole nitrogens is 1. The minimum Gasteiger partial charge on any atom is -0.465 e.